The van der Waals surface area contributed by atoms with E-state index in [9.17, 15) is 9.59 Å². The van der Waals surface area contributed by atoms with Crippen molar-refractivity contribution in [2.75, 3.05) is 32.3 Å². The van der Waals surface area contributed by atoms with E-state index in [1.54, 1.807) is 27.3 Å². The van der Waals surface area contributed by atoms with Crippen LogP contribution in [-0.2, 0) is 13.2 Å². The molecular formula is C28H42N2O6S2Si. The standard InChI is InChI=1S/C28H42N2O6S2Si/c1-18-16-30(26(32)29-25(18)31)24-15-20(23(36-24)17-35-39(7,8)27(2,3)4)28(37-12-9-13-38-28)19-10-11-21(33-5)22(14-19)34-6/h10-11,14,16,20,23-24H,9,12-13,15,17H2,1-8H3,(H,29,31,32)/t20-,23+,24-/m0/s1. The smallest absolute Gasteiger partial charge is 0.330 e. The summed E-state index contributed by atoms with van der Waals surface area (Å²) in [5, 5.41) is 0.0584. The van der Waals surface area contributed by atoms with Crippen LogP contribution in [0.4, 0.5) is 0 Å². The number of ether oxygens (including phenoxy) is 3. The van der Waals surface area contributed by atoms with Crippen molar-refractivity contribution < 1.29 is 18.6 Å². The van der Waals surface area contributed by atoms with Crippen LogP contribution in [0, 0.1) is 12.8 Å². The first-order valence-electron chi connectivity index (χ1n) is 13.4. The number of nitrogens with zero attached hydrogens (tertiary/aromatic N) is 1. The number of aromatic amines is 1. The molecule has 2 aliphatic heterocycles. The van der Waals surface area contributed by atoms with Crippen LogP contribution in [0.2, 0.25) is 18.1 Å². The third-order valence-corrected chi connectivity index (χ3v) is 16.4. The van der Waals surface area contributed by atoms with Gasteiger partial charge >= 0.3 is 5.69 Å². The van der Waals surface area contributed by atoms with Crippen LogP contribution in [0.1, 0.15) is 51.0 Å². The van der Waals surface area contributed by atoms with E-state index in [4.69, 9.17) is 18.6 Å². The molecule has 1 N–H and O–H groups in total. The fraction of sp³-hybridized carbons (Fsp3) is 0.643. The first-order valence-corrected chi connectivity index (χ1v) is 18.3. The van der Waals surface area contributed by atoms with Gasteiger partial charge in [-0.2, -0.15) is 0 Å². The van der Waals surface area contributed by atoms with E-state index in [0.717, 1.165) is 23.5 Å². The summed E-state index contributed by atoms with van der Waals surface area (Å²) in [6.45, 7) is 13.3. The topological polar surface area (TPSA) is 91.8 Å². The molecule has 1 aromatic heterocycles. The molecule has 2 aliphatic rings. The second kappa shape index (κ2) is 11.7. The van der Waals surface area contributed by atoms with Crippen molar-refractivity contribution in [2.24, 2.45) is 5.92 Å². The number of methoxy groups -OCH3 is 2. The van der Waals surface area contributed by atoms with Gasteiger partial charge in [0.2, 0.25) is 0 Å². The number of nitrogens with one attached hydrogen (secondary N) is 1. The molecule has 2 aromatic rings. The fourth-order valence-electron chi connectivity index (χ4n) is 4.96. The van der Waals surface area contributed by atoms with Gasteiger partial charge < -0.3 is 18.6 Å². The summed E-state index contributed by atoms with van der Waals surface area (Å²) in [6, 6.07) is 6.18. The Morgan fingerprint density at radius 3 is 2.41 bits per heavy atom. The second-order valence-electron chi connectivity index (χ2n) is 11.8. The number of aryl methyl sites for hydroxylation is 1. The van der Waals surface area contributed by atoms with Gasteiger partial charge in [0.05, 0.1) is 31.0 Å². The molecule has 1 aromatic carbocycles. The van der Waals surface area contributed by atoms with Gasteiger partial charge in [-0.3, -0.25) is 14.3 Å². The van der Waals surface area contributed by atoms with Crippen LogP contribution in [0.3, 0.4) is 0 Å². The minimum absolute atomic E-state index is 0.0415. The zero-order chi connectivity index (χ0) is 28.6. The number of rotatable bonds is 8. The third-order valence-electron chi connectivity index (χ3n) is 8.30. The lowest BCUT2D eigenvalue weighted by molar-refractivity contribution is -0.0310. The van der Waals surface area contributed by atoms with E-state index in [1.165, 1.54) is 4.57 Å². The summed E-state index contributed by atoms with van der Waals surface area (Å²) in [5.41, 5.74) is 0.798. The monoisotopic (exact) mass is 594 g/mol. The molecule has 3 heterocycles. The van der Waals surface area contributed by atoms with Gasteiger partial charge in [-0.1, -0.05) is 26.8 Å². The molecule has 0 saturated carbocycles. The molecule has 2 fully saturated rings. The van der Waals surface area contributed by atoms with Crippen LogP contribution in [-0.4, -0.2) is 56.3 Å². The van der Waals surface area contributed by atoms with E-state index in [-0.39, 0.29) is 26.7 Å². The number of thioether (sulfide) groups is 2. The van der Waals surface area contributed by atoms with Gasteiger partial charge in [0.1, 0.15) is 6.23 Å². The molecule has 0 aliphatic carbocycles. The highest BCUT2D eigenvalue weighted by Crippen LogP contribution is 2.61. The number of hydrogen-bond acceptors (Lipinski definition) is 8. The summed E-state index contributed by atoms with van der Waals surface area (Å²) in [5.74, 6) is 3.47. The third kappa shape index (κ3) is 6.02. The van der Waals surface area contributed by atoms with E-state index in [2.05, 4.69) is 51.0 Å². The van der Waals surface area contributed by atoms with Crippen LogP contribution < -0.4 is 20.7 Å². The SMILES string of the molecule is COc1ccc(C2([C@H]3C[C@@H](n4cc(C)c(=O)[nH]c4=O)O[C@@H]3CO[Si](C)(C)C(C)(C)C)SCCCS2)cc1OC. The van der Waals surface area contributed by atoms with Crippen LogP contribution in [0.15, 0.2) is 34.0 Å². The summed E-state index contributed by atoms with van der Waals surface area (Å²) in [6.07, 6.45) is 2.61. The minimum atomic E-state index is -2.06. The van der Waals surface area contributed by atoms with Crippen LogP contribution >= 0.6 is 23.5 Å². The Labute approximate surface area is 240 Å². The highest BCUT2D eigenvalue weighted by atomic mass is 32.2. The molecule has 0 unspecified atom stereocenters. The molecule has 39 heavy (non-hydrogen) atoms. The molecule has 0 spiro atoms. The van der Waals surface area contributed by atoms with E-state index in [1.807, 2.05) is 29.6 Å². The van der Waals surface area contributed by atoms with Gasteiger partial charge in [-0.25, -0.2) is 4.79 Å². The normalized spacial score (nSPS) is 23.5. The molecule has 11 heteroatoms. The quantitative estimate of drug-likeness (QED) is 0.400. The largest absolute Gasteiger partial charge is 0.493 e. The van der Waals surface area contributed by atoms with E-state index < -0.39 is 20.2 Å². The van der Waals surface area contributed by atoms with Crippen molar-refractivity contribution in [3.63, 3.8) is 0 Å². The molecule has 3 atom stereocenters. The lowest BCUT2D eigenvalue weighted by atomic mass is 9.91. The molecule has 8 nitrogen and oxygen atoms in total. The Balaban J connectivity index is 1.78. The zero-order valence-corrected chi connectivity index (χ0v) is 26.9. The number of aromatic nitrogens is 2. The van der Waals surface area contributed by atoms with Gasteiger partial charge in [0.15, 0.2) is 19.8 Å². The number of hydrogen-bond donors (Lipinski definition) is 1. The summed E-state index contributed by atoms with van der Waals surface area (Å²) in [7, 11) is 1.24. The van der Waals surface area contributed by atoms with Gasteiger partial charge in [0.25, 0.3) is 5.56 Å². The van der Waals surface area contributed by atoms with Crippen molar-refractivity contribution in [1.29, 1.82) is 0 Å². The van der Waals surface area contributed by atoms with Crippen LogP contribution in [0.5, 0.6) is 11.5 Å². The van der Waals surface area contributed by atoms with Crippen molar-refractivity contribution in [3.8, 4) is 11.5 Å². The lowest BCUT2D eigenvalue weighted by Crippen LogP contribution is -2.45. The Bertz CT molecular complexity index is 1280. The Hall–Kier alpha value is -1.66. The molecule has 216 valence electrons. The molecule has 0 amide bonds. The average Bonchev–Trinajstić information content (AvgIpc) is 3.33. The van der Waals surface area contributed by atoms with Crippen molar-refractivity contribution in [3.05, 3.63) is 56.4 Å². The Kier molecular flexibility index (Phi) is 9.07. The predicted octanol–water partition coefficient (Wildman–Crippen LogP) is 5.51. The lowest BCUT2D eigenvalue weighted by Gasteiger charge is -2.44. The highest BCUT2D eigenvalue weighted by Gasteiger charge is 2.53. The van der Waals surface area contributed by atoms with Crippen molar-refractivity contribution in [2.45, 2.75) is 75.1 Å². The van der Waals surface area contributed by atoms with Gasteiger partial charge in [0, 0.05) is 24.1 Å². The summed E-state index contributed by atoms with van der Waals surface area (Å²) in [4.78, 5) is 27.4. The van der Waals surface area contributed by atoms with Crippen LogP contribution in [0.25, 0.3) is 0 Å². The molecule has 0 bridgehead atoms. The van der Waals surface area contributed by atoms with Gasteiger partial charge in [-0.15, -0.1) is 23.5 Å². The predicted molar refractivity (Wildman–Crippen MR) is 162 cm³/mol. The number of H-pyrrole nitrogens is 1. The molecule has 0 radical (unpaired) electrons. The minimum Gasteiger partial charge on any atom is -0.493 e. The Morgan fingerprint density at radius 2 is 1.79 bits per heavy atom. The molecular weight excluding hydrogens is 553 g/mol. The Morgan fingerprint density at radius 1 is 1.13 bits per heavy atom. The van der Waals surface area contributed by atoms with E-state index >= 15 is 0 Å². The summed E-state index contributed by atoms with van der Waals surface area (Å²) >= 11 is 3.88. The second-order valence-corrected chi connectivity index (χ2v) is 19.6. The highest BCUT2D eigenvalue weighted by molar-refractivity contribution is 8.18. The van der Waals surface area contributed by atoms with Crippen molar-refractivity contribution in [1.82, 2.24) is 9.55 Å². The zero-order valence-electron chi connectivity index (χ0n) is 24.3. The van der Waals surface area contributed by atoms with Gasteiger partial charge in [-0.05, 0) is 60.7 Å². The molecule has 2 saturated heterocycles. The first kappa shape index (κ1) is 30.3. The number of benzene rings is 1. The average molecular weight is 595 g/mol. The first-order chi connectivity index (χ1) is 18.3. The maximum atomic E-state index is 12.9. The van der Waals surface area contributed by atoms with Crippen molar-refractivity contribution >= 4 is 31.8 Å². The maximum Gasteiger partial charge on any atom is 0.330 e. The molecule has 4 rings (SSSR count). The van der Waals surface area contributed by atoms with E-state index in [0.29, 0.717) is 30.1 Å². The fourth-order valence-corrected chi connectivity index (χ4v) is 9.68. The summed E-state index contributed by atoms with van der Waals surface area (Å²) < 4.78 is 25.9. The maximum absolute atomic E-state index is 12.9.